The highest BCUT2D eigenvalue weighted by Gasteiger charge is 2.22. The maximum atomic E-state index is 11.4. The van der Waals surface area contributed by atoms with Crippen LogP contribution in [-0.2, 0) is 11.2 Å². The Morgan fingerprint density at radius 2 is 1.95 bits per heavy atom. The summed E-state index contributed by atoms with van der Waals surface area (Å²) < 4.78 is 0. The van der Waals surface area contributed by atoms with Crippen LogP contribution < -0.4 is 11.1 Å². The van der Waals surface area contributed by atoms with Gasteiger partial charge in [-0.2, -0.15) is 0 Å². The summed E-state index contributed by atoms with van der Waals surface area (Å²) in [6.45, 7) is 2.04. The Morgan fingerprint density at radius 3 is 2.65 bits per heavy atom. The number of benzene rings is 2. The summed E-state index contributed by atoms with van der Waals surface area (Å²) in [6.07, 6.45) is 0.389. The number of nitrogens with one attached hydrogen (secondary N) is 1. The molecule has 0 bridgehead atoms. The molecule has 0 fully saturated rings. The third-order valence-electron chi connectivity index (χ3n) is 3.62. The lowest BCUT2D eigenvalue weighted by Gasteiger charge is -2.16. The number of carbonyl (C=O) groups excluding carboxylic acids is 1. The van der Waals surface area contributed by atoms with E-state index in [0.29, 0.717) is 11.4 Å². The molecule has 1 amide bonds. The van der Waals surface area contributed by atoms with E-state index in [0.717, 1.165) is 22.4 Å². The molecule has 3 nitrogen and oxygen atoms in total. The number of rotatable bonds is 2. The van der Waals surface area contributed by atoms with E-state index in [4.69, 9.17) is 17.3 Å². The molecule has 1 aliphatic rings. The zero-order valence-corrected chi connectivity index (χ0v) is 11.9. The molecule has 0 radical (unpaired) electrons. The Hall–Kier alpha value is -1.84. The molecule has 2 aromatic rings. The standard InChI is InChI=1S/C16H15ClN2O/c1-9-2-4-10(5-3-9)16(18)12-6-11-7-15(20)19-14(11)8-13(12)17/h2-6,8,16H,7,18H2,1H3,(H,19,20). The zero-order chi connectivity index (χ0) is 14.3. The van der Waals surface area contributed by atoms with Crippen molar-refractivity contribution in [2.75, 3.05) is 5.32 Å². The number of amides is 1. The van der Waals surface area contributed by atoms with Crippen molar-refractivity contribution in [2.45, 2.75) is 19.4 Å². The largest absolute Gasteiger partial charge is 0.325 e. The van der Waals surface area contributed by atoms with Gasteiger partial charge in [0.25, 0.3) is 0 Å². The monoisotopic (exact) mass is 286 g/mol. The third-order valence-corrected chi connectivity index (χ3v) is 3.95. The van der Waals surface area contributed by atoms with Gasteiger partial charge in [-0.3, -0.25) is 4.79 Å². The average Bonchev–Trinajstić information content (AvgIpc) is 2.77. The van der Waals surface area contributed by atoms with Gasteiger partial charge in [0.15, 0.2) is 0 Å². The van der Waals surface area contributed by atoms with E-state index in [1.807, 2.05) is 37.3 Å². The molecule has 1 atom stereocenters. The second kappa shape index (κ2) is 4.93. The number of hydrogen-bond donors (Lipinski definition) is 2. The molecule has 20 heavy (non-hydrogen) atoms. The van der Waals surface area contributed by atoms with Crippen LogP contribution in [0.4, 0.5) is 5.69 Å². The Kier molecular flexibility index (Phi) is 3.24. The molecule has 3 rings (SSSR count). The van der Waals surface area contributed by atoms with Crippen molar-refractivity contribution >= 4 is 23.2 Å². The molecule has 1 aliphatic heterocycles. The molecule has 3 N–H and O–H groups in total. The minimum Gasteiger partial charge on any atom is -0.325 e. The molecule has 1 heterocycles. The van der Waals surface area contributed by atoms with Crippen molar-refractivity contribution in [3.63, 3.8) is 0 Å². The molecule has 0 saturated carbocycles. The Balaban J connectivity index is 2.00. The first-order valence-corrected chi connectivity index (χ1v) is 6.86. The number of hydrogen-bond acceptors (Lipinski definition) is 2. The maximum Gasteiger partial charge on any atom is 0.228 e. The summed E-state index contributed by atoms with van der Waals surface area (Å²) in [6, 6.07) is 11.5. The first-order chi connectivity index (χ1) is 9.54. The second-order valence-electron chi connectivity index (χ2n) is 5.14. The molecule has 0 saturated heterocycles. The molecule has 1 unspecified atom stereocenters. The summed E-state index contributed by atoms with van der Waals surface area (Å²) in [4.78, 5) is 11.4. The van der Waals surface area contributed by atoms with E-state index in [1.54, 1.807) is 6.07 Å². The van der Waals surface area contributed by atoms with Gasteiger partial charge >= 0.3 is 0 Å². The fourth-order valence-corrected chi connectivity index (χ4v) is 2.74. The summed E-state index contributed by atoms with van der Waals surface area (Å²) in [5, 5.41) is 3.37. The molecular formula is C16H15ClN2O. The molecule has 0 aliphatic carbocycles. The van der Waals surface area contributed by atoms with Crippen molar-refractivity contribution in [1.82, 2.24) is 0 Å². The Labute approximate surface area is 122 Å². The topological polar surface area (TPSA) is 55.1 Å². The van der Waals surface area contributed by atoms with E-state index in [1.165, 1.54) is 5.56 Å². The predicted molar refractivity (Wildman–Crippen MR) is 81.0 cm³/mol. The smallest absolute Gasteiger partial charge is 0.228 e. The van der Waals surface area contributed by atoms with Crippen LogP contribution in [0.2, 0.25) is 5.02 Å². The van der Waals surface area contributed by atoms with Crippen LogP contribution in [0.5, 0.6) is 0 Å². The van der Waals surface area contributed by atoms with Gasteiger partial charge in [0.1, 0.15) is 0 Å². The number of carbonyl (C=O) groups is 1. The van der Waals surface area contributed by atoms with Gasteiger partial charge in [-0.15, -0.1) is 0 Å². The van der Waals surface area contributed by atoms with Gasteiger partial charge < -0.3 is 11.1 Å². The first-order valence-electron chi connectivity index (χ1n) is 6.49. The summed E-state index contributed by atoms with van der Waals surface area (Å²) in [7, 11) is 0. The number of fused-ring (bicyclic) bond motifs is 1. The molecule has 4 heteroatoms. The SMILES string of the molecule is Cc1ccc(C(N)c2cc3c(cc2Cl)NC(=O)C3)cc1. The van der Waals surface area contributed by atoms with E-state index in [2.05, 4.69) is 5.32 Å². The van der Waals surface area contributed by atoms with Crippen molar-refractivity contribution in [3.05, 3.63) is 63.7 Å². The highest BCUT2D eigenvalue weighted by Crippen LogP contribution is 2.34. The van der Waals surface area contributed by atoms with E-state index >= 15 is 0 Å². The van der Waals surface area contributed by atoms with Gasteiger partial charge in [0.2, 0.25) is 5.91 Å². The fraction of sp³-hybridized carbons (Fsp3) is 0.188. The maximum absolute atomic E-state index is 11.4. The fourth-order valence-electron chi connectivity index (χ4n) is 2.46. The average molecular weight is 287 g/mol. The Morgan fingerprint density at radius 1 is 1.25 bits per heavy atom. The quantitative estimate of drug-likeness (QED) is 0.891. The van der Waals surface area contributed by atoms with Crippen LogP contribution >= 0.6 is 11.6 Å². The highest BCUT2D eigenvalue weighted by atomic mass is 35.5. The lowest BCUT2D eigenvalue weighted by atomic mass is 9.96. The normalized spacial score (nSPS) is 14.8. The minimum absolute atomic E-state index is 0.00266. The predicted octanol–water partition coefficient (Wildman–Crippen LogP) is 3.19. The van der Waals surface area contributed by atoms with E-state index in [-0.39, 0.29) is 11.9 Å². The molecule has 0 spiro atoms. The van der Waals surface area contributed by atoms with E-state index < -0.39 is 0 Å². The molecule has 102 valence electrons. The van der Waals surface area contributed by atoms with Gasteiger partial charge in [-0.25, -0.2) is 0 Å². The van der Waals surface area contributed by atoms with Crippen molar-refractivity contribution in [2.24, 2.45) is 5.73 Å². The summed E-state index contributed by atoms with van der Waals surface area (Å²) in [5.74, 6) is -0.00266. The Bertz CT molecular complexity index is 680. The van der Waals surface area contributed by atoms with Crippen LogP contribution in [0.1, 0.15) is 28.3 Å². The number of nitrogens with two attached hydrogens (primary N) is 1. The lowest BCUT2D eigenvalue weighted by molar-refractivity contribution is -0.115. The first kappa shape index (κ1) is 13.2. The minimum atomic E-state index is -0.288. The van der Waals surface area contributed by atoms with Gasteiger partial charge in [-0.1, -0.05) is 41.4 Å². The van der Waals surface area contributed by atoms with Crippen LogP contribution in [0.3, 0.4) is 0 Å². The third kappa shape index (κ3) is 2.30. The van der Waals surface area contributed by atoms with Crippen molar-refractivity contribution in [1.29, 1.82) is 0 Å². The zero-order valence-electron chi connectivity index (χ0n) is 11.1. The summed E-state index contributed by atoms with van der Waals surface area (Å²) in [5.41, 5.74) is 11.1. The number of aryl methyl sites for hydroxylation is 1. The van der Waals surface area contributed by atoms with Crippen molar-refractivity contribution < 1.29 is 4.79 Å². The van der Waals surface area contributed by atoms with E-state index in [9.17, 15) is 4.79 Å². The van der Waals surface area contributed by atoms with Gasteiger partial charge in [0.05, 0.1) is 12.5 Å². The number of halogens is 1. The van der Waals surface area contributed by atoms with Gasteiger partial charge in [0, 0.05) is 10.7 Å². The van der Waals surface area contributed by atoms with Crippen molar-refractivity contribution in [3.8, 4) is 0 Å². The molecule has 0 aromatic heterocycles. The van der Waals surface area contributed by atoms with Crippen LogP contribution in [0, 0.1) is 6.92 Å². The molecular weight excluding hydrogens is 272 g/mol. The number of anilines is 1. The van der Waals surface area contributed by atoms with Gasteiger partial charge in [-0.05, 0) is 35.7 Å². The van der Waals surface area contributed by atoms with Crippen LogP contribution in [-0.4, -0.2) is 5.91 Å². The van der Waals surface area contributed by atoms with Crippen LogP contribution in [0.25, 0.3) is 0 Å². The second-order valence-corrected chi connectivity index (χ2v) is 5.55. The lowest BCUT2D eigenvalue weighted by Crippen LogP contribution is -2.12. The summed E-state index contributed by atoms with van der Waals surface area (Å²) >= 11 is 6.30. The molecule has 2 aromatic carbocycles. The van der Waals surface area contributed by atoms with Crippen LogP contribution in [0.15, 0.2) is 36.4 Å². The highest BCUT2D eigenvalue weighted by molar-refractivity contribution is 6.32.